The molecule has 1 atom stereocenters. The zero-order valence-corrected chi connectivity index (χ0v) is 9.66. The summed E-state index contributed by atoms with van der Waals surface area (Å²) in [5.41, 5.74) is 0.432. The number of ether oxygens (including phenoxy) is 1. The number of aliphatic hydroxyl groups is 1. The van der Waals surface area contributed by atoms with Crippen molar-refractivity contribution in [3.05, 3.63) is 35.1 Å². The van der Waals surface area contributed by atoms with Gasteiger partial charge in [0.05, 0.1) is 6.61 Å². The van der Waals surface area contributed by atoms with Crippen molar-refractivity contribution >= 4 is 0 Å². The molecule has 16 heavy (non-hydrogen) atoms. The van der Waals surface area contributed by atoms with Gasteiger partial charge in [-0.3, -0.25) is 0 Å². The summed E-state index contributed by atoms with van der Waals surface area (Å²) in [5, 5.41) is 10.6. The molecule has 0 heterocycles. The van der Waals surface area contributed by atoms with E-state index in [1.807, 2.05) is 13.0 Å². The normalized spacial score (nSPS) is 19.5. The van der Waals surface area contributed by atoms with Crippen molar-refractivity contribution in [3.63, 3.8) is 0 Å². The first-order valence-electron chi connectivity index (χ1n) is 5.55. The summed E-state index contributed by atoms with van der Waals surface area (Å²) in [6.07, 6.45) is 1.96. The summed E-state index contributed by atoms with van der Waals surface area (Å²) in [6.45, 7) is 2.05. The fourth-order valence-electron chi connectivity index (χ4n) is 2.20. The third-order valence-electron chi connectivity index (χ3n) is 3.16. The van der Waals surface area contributed by atoms with Crippen LogP contribution < -0.4 is 0 Å². The predicted molar refractivity (Wildman–Crippen MR) is 59.6 cm³/mol. The fraction of sp³-hybridized carbons (Fsp3) is 0.538. The molecule has 1 aliphatic rings. The van der Waals surface area contributed by atoms with Gasteiger partial charge in [-0.2, -0.15) is 0 Å². The van der Waals surface area contributed by atoms with Crippen molar-refractivity contribution in [3.8, 4) is 0 Å². The smallest absolute Gasteiger partial charge is 0.123 e. The number of hydrogen-bond donors (Lipinski definition) is 1. The summed E-state index contributed by atoms with van der Waals surface area (Å²) in [7, 11) is 1.56. The molecule has 1 aromatic carbocycles. The summed E-state index contributed by atoms with van der Waals surface area (Å²) < 4.78 is 18.4. The number of methoxy groups -OCH3 is 1. The molecule has 0 radical (unpaired) electrons. The van der Waals surface area contributed by atoms with Gasteiger partial charge in [0.2, 0.25) is 0 Å². The lowest BCUT2D eigenvalue weighted by molar-refractivity contribution is -0.0534. The standard InChI is InChI=1S/C13H17FO2/c1-9-5-11(7-12(14)6-9)13(15,8-16-2)10-3-4-10/h5-7,10,15H,3-4,8H2,1-2H3. The Morgan fingerprint density at radius 3 is 2.62 bits per heavy atom. The lowest BCUT2D eigenvalue weighted by Crippen LogP contribution is -2.33. The van der Waals surface area contributed by atoms with Crippen LogP contribution in [0.4, 0.5) is 4.39 Å². The van der Waals surface area contributed by atoms with E-state index in [0.29, 0.717) is 5.56 Å². The highest BCUT2D eigenvalue weighted by Crippen LogP contribution is 2.46. The molecule has 1 aromatic rings. The average molecular weight is 224 g/mol. The van der Waals surface area contributed by atoms with Gasteiger partial charge in [0, 0.05) is 7.11 Å². The highest BCUT2D eigenvalue weighted by Gasteiger charge is 2.45. The van der Waals surface area contributed by atoms with Gasteiger partial charge < -0.3 is 9.84 Å². The molecule has 0 amide bonds. The van der Waals surface area contributed by atoms with Crippen LogP contribution in [0.15, 0.2) is 18.2 Å². The summed E-state index contributed by atoms with van der Waals surface area (Å²) >= 11 is 0. The Kier molecular flexibility index (Phi) is 3.00. The molecule has 2 rings (SSSR count). The molecule has 1 fully saturated rings. The zero-order chi connectivity index (χ0) is 11.8. The molecular formula is C13H17FO2. The maximum Gasteiger partial charge on any atom is 0.123 e. The monoisotopic (exact) mass is 224 g/mol. The SMILES string of the molecule is COCC(O)(c1cc(C)cc(F)c1)C1CC1. The van der Waals surface area contributed by atoms with Crippen LogP contribution in [0.5, 0.6) is 0 Å². The molecule has 1 unspecified atom stereocenters. The van der Waals surface area contributed by atoms with E-state index in [2.05, 4.69) is 0 Å². The van der Waals surface area contributed by atoms with Crippen molar-refractivity contribution in [2.45, 2.75) is 25.4 Å². The molecule has 0 spiro atoms. The second-order valence-corrected chi connectivity index (χ2v) is 4.65. The van der Waals surface area contributed by atoms with Crippen molar-refractivity contribution in [1.82, 2.24) is 0 Å². The molecule has 0 aliphatic heterocycles. The van der Waals surface area contributed by atoms with Crippen molar-refractivity contribution < 1.29 is 14.2 Å². The van der Waals surface area contributed by atoms with Crippen LogP contribution in [-0.4, -0.2) is 18.8 Å². The van der Waals surface area contributed by atoms with Crippen molar-refractivity contribution in [2.24, 2.45) is 5.92 Å². The van der Waals surface area contributed by atoms with E-state index < -0.39 is 5.60 Å². The first-order chi connectivity index (χ1) is 7.56. The molecule has 1 saturated carbocycles. The van der Waals surface area contributed by atoms with E-state index in [0.717, 1.165) is 18.4 Å². The summed E-state index contributed by atoms with van der Waals surface area (Å²) in [5.74, 6) is -0.0983. The summed E-state index contributed by atoms with van der Waals surface area (Å²) in [4.78, 5) is 0. The van der Waals surface area contributed by atoms with Crippen molar-refractivity contribution in [1.29, 1.82) is 0 Å². The topological polar surface area (TPSA) is 29.5 Å². The van der Waals surface area contributed by atoms with E-state index in [1.54, 1.807) is 7.11 Å². The molecule has 3 heteroatoms. The van der Waals surface area contributed by atoms with Crippen LogP contribution in [0.2, 0.25) is 0 Å². The van der Waals surface area contributed by atoms with Crippen molar-refractivity contribution in [2.75, 3.05) is 13.7 Å². The lowest BCUT2D eigenvalue weighted by Gasteiger charge is -2.28. The Balaban J connectivity index is 2.37. The second-order valence-electron chi connectivity index (χ2n) is 4.65. The van der Waals surface area contributed by atoms with E-state index >= 15 is 0 Å². The first kappa shape index (κ1) is 11.6. The Morgan fingerprint density at radius 1 is 1.44 bits per heavy atom. The first-order valence-corrected chi connectivity index (χ1v) is 5.55. The van der Waals surface area contributed by atoms with Gasteiger partial charge in [0.15, 0.2) is 0 Å². The lowest BCUT2D eigenvalue weighted by atomic mass is 9.88. The molecular weight excluding hydrogens is 207 g/mol. The minimum absolute atomic E-state index is 0.202. The number of rotatable bonds is 4. The number of benzene rings is 1. The Morgan fingerprint density at radius 2 is 2.12 bits per heavy atom. The van der Waals surface area contributed by atoms with Crippen LogP contribution in [-0.2, 0) is 10.3 Å². The molecule has 1 N–H and O–H groups in total. The molecule has 0 saturated heterocycles. The van der Waals surface area contributed by atoms with Crippen LogP contribution in [0.1, 0.15) is 24.0 Å². The Bertz CT molecular complexity index is 367. The van der Waals surface area contributed by atoms with Gasteiger partial charge in [0.1, 0.15) is 11.4 Å². The minimum atomic E-state index is -1.03. The maximum atomic E-state index is 13.3. The van der Waals surface area contributed by atoms with Gasteiger partial charge in [-0.25, -0.2) is 4.39 Å². The van der Waals surface area contributed by atoms with Gasteiger partial charge in [-0.1, -0.05) is 6.07 Å². The quantitative estimate of drug-likeness (QED) is 0.850. The maximum absolute atomic E-state index is 13.3. The molecule has 1 aliphatic carbocycles. The number of halogens is 1. The Labute approximate surface area is 95.1 Å². The summed E-state index contributed by atoms with van der Waals surface area (Å²) in [6, 6.07) is 4.70. The molecule has 0 bridgehead atoms. The van der Waals surface area contributed by atoms with E-state index in [1.165, 1.54) is 12.1 Å². The van der Waals surface area contributed by atoms with E-state index in [4.69, 9.17) is 4.74 Å². The average Bonchev–Trinajstić information content (AvgIpc) is 2.99. The van der Waals surface area contributed by atoms with Crippen LogP contribution in [0.3, 0.4) is 0 Å². The van der Waals surface area contributed by atoms with E-state index in [9.17, 15) is 9.50 Å². The molecule has 88 valence electrons. The van der Waals surface area contributed by atoms with Gasteiger partial charge in [-0.15, -0.1) is 0 Å². The highest BCUT2D eigenvalue weighted by atomic mass is 19.1. The van der Waals surface area contributed by atoms with E-state index in [-0.39, 0.29) is 18.3 Å². The molecule has 2 nitrogen and oxygen atoms in total. The number of hydrogen-bond acceptors (Lipinski definition) is 2. The van der Waals surface area contributed by atoms with Gasteiger partial charge in [-0.05, 0) is 48.9 Å². The third-order valence-corrected chi connectivity index (χ3v) is 3.16. The van der Waals surface area contributed by atoms with Gasteiger partial charge in [0.25, 0.3) is 0 Å². The largest absolute Gasteiger partial charge is 0.382 e. The zero-order valence-electron chi connectivity index (χ0n) is 9.66. The molecule has 0 aromatic heterocycles. The third kappa shape index (κ3) is 2.11. The fourth-order valence-corrected chi connectivity index (χ4v) is 2.20. The van der Waals surface area contributed by atoms with Crippen LogP contribution in [0, 0.1) is 18.7 Å². The minimum Gasteiger partial charge on any atom is -0.382 e. The Hall–Kier alpha value is -0.930. The van der Waals surface area contributed by atoms with Crippen LogP contribution >= 0.6 is 0 Å². The van der Waals surface area contributed by atoms with Gasteiger partial charge >= 0.3 is 0 Å². The highest BCUT2D eigenvalue weighted by molar-refractivity contribution is 5.30. The predicted octanol–water partition coefficient (Wildman–Crippen LogP) is 2.38. The number of aryl methyl sites for hydroxylation is 1. The van der Waals surface area contributed by atoms with Crippen LogP contribution in [0.25, 0.3) is 0 Å². The second kappa shape index (κ2) is 4.15.